The summed E-state index contributed by atoms with van der Waals surface area (Å²) in [7, 11) is 3.34. The van der Waals surface area contributed by atoms with E-state index in [0.717, 1.165) is 31.1 Å². The number of alkyl halides is 3. The highest BCUT2D eigenvalue weighted by Crippen LogP contribution is 2.45. The van der Waals surface area contributed by atoms with E-state index in [-0.39, 0.29) is 48.3 Å². The van der Waals surface area contributed by atoms with Gasteiger partial charge < -0.3 is 25.0 Å². The predicted octanol–water partition coefficient (Wildman–Crippen LogP) is 5.32. The second-order valence-corrected chi connectivity index (χ2v) is 13.8. The van der Waals surface area contributed by atoms with Crippen LogP contribution in [0.25, 0.3) is 0 Å². The number of aromatic nitrogens is 4. The van der Waals surface area contributed by atoms with Gasteiger partial charge in [0, 0.05) is 51.4 Å². The monoisotopic (exact) mass is 704 g/mol. The van der Waals surface area contributed by atoms with Gasteiger partial charge in [-0.3, -0.25) is 14.4 Å². The predicted molar refractivity (Wildman–Crippen MR) is 173 cm³/mol. The molecule has 49 heavy (non-hydrogen) atoms. The maximum atomic E-state index is 14.2. The maximum absolute atomic E-state index is 14.2. The van der Waals surface area contributed by atoms with Crippen LogP contribution in [0.3, 0.4) is 0 Å². The number of nitrogens with zero attached hydrogens (tertiary/aromatic N) is 7. The van der Waals surface area contributed by atoms with Crippen molar-refractivity contribution in [3.63, 3.8) is 0 Å². The van der Waals surface area contributed by atoms with Crippen LogP contribution in [0.1, 0.15) is 70.4 Å². The number of aryl methyl sites for hydroxylation is 1. The lowest BCUT2D eigenvalue weighted by Crippen LogP contribution is -2.43. The zero-order chi connectivity index (χ0) is 34.7. The molecule has 6 heterocycles. The van der Waals surface area contributed by atoms with E-state index >= 15 is 0 Å². The molecule has 0 spiro atoms. The van der Waals surface area contributed by atoms with Crippen LogP contribution in [0.15, 0.2) is 30.1 Å². The largest absolute Gasteiger partial charge is 0.461 e. The van der Waals surface area contributed by atoms with Crippen molar-refractivity contribution in [2.75, 3.05) is 51.0 Å². The second kappa shape index (κ2) is 12.7. The van der Waals surface area contributed by atoms with E-state index in [4.69, 9.17) is 36.8 Å². The fraction of sp³-hybridized carbons (Fsp3) is 0.515. The van der Waals surface area contributed by atoms with Gasteiger partial charge in [-0.05, 0) is 61.6 Å². The van der Waals surface area contributed by atoms with E-state index in [2.05, 4.69) is 10.00 Å². The molecule has 2 N–H and O–H groups in total. The van der Waals surface area contributed by atoms with Crippen molar-refractivity contribution in [3.8, 4) is 6.01 Å². The number of carbonyl (C=O) groups excluding carboxylic acids is 1. The van der Waals surface area contributed by atoms with Gasteiger partial charge in [0.2, 0.25) is 0 Å². The summed E-state index contributed by atoms with van der Waals surface area (Å²) in [6.45, 7) is 3.07. The Labute approximate surface area is 285 Å². The van der Waals surface area contributed by atoms with Gasteiger partial charge in [0.25, 0.3) is 5.91 Å². The molecule has 1 aromatic carbocycles. The van der Waals surface area contributed by atoms with Gasteiger partial charge in [-0.25, -0.2) is 4.39 Å². The van der Waals surface area contributed by atoms with Crippen LogP contribution in [-0.2, 0) is 37.0 Å². The van der Waals surface area contributed by atoms with Crippen molar-refractivity contribution in [2.24, 2.45) is 0 Å². The molecule has 4 aliphatic rings. The third kappa shape index (κ3) is 6.32. The van der Waals surface area contributed by atoms with Gasteiger partial charge in [0.05, 0.1) is 53.1 Å². The number of rotatable bonds is 6. The summed E-state index contributed by atoms with van der Waals surface area (Å²) in [6.07, 6.45) is -2.09. The quantitative estimate of drug-likeness (QED) is 0.269. The van der Waals surface area contributed by atoms with E-state index in [1.54, 1.807) is 20.2 Å². The molecule has 2 atom stereocenters. The van der Waals surface area contributed by atoms with Gasteiger partial charge in [-0.2, -0.15) is 28.2 Å². The number of fused-ring (bicyclic) bond motifs is 3. The first kappa shape index (κ1) is 33.5. The van der Waals surface area contributed by atoms with Crippen molar-refractivity contribution in [1.29, 1.82) is 0 Å². The molecule has 262 valence electrons. The number of anilines is 2. The SMILES string of the molecule is CN(C)C(=O)c1cc2n(n1)CCCN(c1nc(OCC34CCCN3C/C(=C\F)C4)nc3c1COC(c1cc(N)cc(Cl)c1C(F)(F)F)C3)C2. The first-order valence-electron chi connectivity index (χ1n) is 16.2. The van der Waals surface area contributed by atoms with E-state index in [0.29, 0.717) is 73.7 Å². The minimum absolute atomic E-state index is 0.0106. The third-order valence-corrected chi connectivity index (χ3v) is 10.2. The maximum Gasteiger partial charge on any atom is 0.418 e. The number of ether oxygens (including phenoxy) is 2. The van der Waals surface area contributed by atoms with Crippen LogP contribution < -0.4 is 15.4 Å². The number of benzene rings is 1. The summed E-state index contributed by atoms with van der Waals surface area (Å²) < 4.78 is 70.5. The highest BCUT2D eigenvalue weighted by Gasteiger charge is 2.47. The number of hydrogen-bond acceptors (Lipinski definition) is 9. The van der Waals surface area contributed by atoms with Crippen LogP contribution in [0.2, 0.25) is 5.02 Å². The second-order valence-electron chi connectivity index (χ2n) is 13.4. The van der Waals surface area contributed by atoms with Gasteiger partial charge in [-0.1, -0.05) is 11.6 Å². The van der Waals surface area contributed by atoms with Crippen LogP contribution in [0.5, 0.6) is 6.01 Å². The number of hydrogen-bond donors (Lipinski definition) is 1. The lowest BCUT2D eigenvalue weighted by atomic mass is 9.94. The van der Waals surface area contributed by atoms with Crippen molar-refractivity contribution in [3.05, 3.63) is 68.9 Å². The molecular formula is C33H37ClF4N8O3. The lowest BCUT2D eigenvalue weighted by molar-refractivity contribution is -0.139. The first-order valence-corrected chi connectivity index (χ1v) is 16.6. The Morgan fingerprint density at radius 3 is 2.76 bits per heavy atom. The van der Waals surface area contributed by atoms with E-state index in [1.165, 1.54) is 11.0 Å². The molecule has 3 aromatic rings. The highest BCUT2D eigenvalue weighted by molar-refractivity contribution is 6.31. The Balaban J connectivity index is 1.25. The summed E-state index contributed by atoms with van der Waals surface area (Å²) in [4.78, 5) is 28.0. The molecule has 2 aromatic heterocycles. The number of halogens is 5. The standard InChI is InChI=1S/C33H37ClF4N8O3/c1-43(2)30(47)26-11-21-16-44(6-4-8-46(21)42-26)29-23-17-48-27(22-9-20(39)10-24(34)28(22)33(36,37)38)12-25(23)40-31(41-29)49-18-32-5-3-7-45(32)15-19(13-32)14-35/h9-11,14,27H,3-8,12-13,15-18,39H2,1-2H3/b19-14-. The summed E-state index contributed by atoms with van der Waals surface area (Å²) in [5.41, 5.74) is 7.47. The zero-order valence-corrected chi connectivity index (χ0v) is 28.0. The summed E-state index contributed by atoms with van der Waals surface area (Å²) in [6, 6.07) is 4.17. The van der Waals surface area contributed by atoms with Crippen molar-refractivity contribution in [1.82, 2.24) is 29.5 Å². The lowest BCUT2D eigenvalue weighted by Gasteiger charge is -2.33. The van der Waals surface area contributed by atoms with E-state index in [9.17, 15) is 22.4 Å². The molecule has 0 bridgehead atoms. The molecule has 2 unspecified atom stereocenters. The fourth-order valence-electron chi connectivity index (χ4n) is 7.59. The number of nitrogen functional groups attached to an aromatic ring is 1. The highest BCUT2D eigenvalue weighted by atomic mass is 35.5. The number of carbonyl (C=O) groups is 1. The van der Waals surface area contributed by atoms with Crippen molar-refractivity contribution in [2.45, 2.75) is 69.6 Å². The Kier molecular flexibility index (Phi) is 8.72. The van der Waals surface area contributed by atoms with Crippen molar-refractivity contribution < 1.29 is 31.8 Å². The van der Waals surface area contributed by atoms with E-state index < -0.39 is 22.9 Å². The molecule has 2 saturated heterocycles. The molecule has 0 saturated carbocycles. The van der Waals surface area contributed by atoms with Crippen LogP contribution in [0, 0.1) is 0 Å². The van der Waals surface area contributed by atoms with Gasteiger partial charge in [0.15, 0.2) is 5.69 Å². The fourth-order valence-corrected chi connectivity index (χ4v) is 7.93. The smallest absolute Gasteiger partial charge is 0.418 e. The van der Waals surface area contributed by atoms with Gasteiger partial charge in [-0.15, -0.1) is 0 Å². The molecule has 1 amide bonds. The minimum Gasteiger partial charge on any atom is -0.461 e. The average molecular weight is 705 g/mol. The molecule has 0 aliphatic carbocycles. The molecule has 2 fully saturated rings. The zero-order valence-electron chi connectivity index (χ0n) is 27.2. The normalized spacial score (nSPS) is 23.3. The van der Waals surface area contributed by atoms with Gasteiger partial charge in [0.1, 0.15) is 12.4 Å². The van der Waals surface area contributed by atoms with Crippen LogP contribution in [-0.4, -0.2) is 81.3 Å². The topological polar surface area (TPSA) is 115 Å². The van der Waals surface area contributed by atoms with Crippen molar-refractivity contribution >= 4 is 29.0 Å². The molecule has 0 radical (unpaired) electrons. The Morgan fingerprint density at radius 2 is 2.00 bits per heavy atom. The third-order valence-electron chi connectivity index (χ3n) is 9.89. The number of amides is 1. The molecule has 7 rings (SSSR count). The molecule has 16 heteroatoms. The number of nitrogens with two attached hydrogens (primary N) is 1. The summed E-state index contributed by atoms with van der Waals surface area (Å²) in [5, 5.41) is 4.03. The average Bonchev–Trinajstić information content (AvgIpc) is 3.69. The van der Waals surface area contributed by atoms with Crippen LogP contribution >= 0.6 is 11.6 Å². The Bertz CT molecular complexity index is 1810. The molecule has 4 aliphatic heterocycles. The Morgan fingerprint density at radius 1 is 1.18 bits per heavy atom. The first-order chi connectivity index (χ1) is 23.3. The minimum atomic E-state index is -4.74. The summed E-state index contributed by atoms with van der Waals surface area (Å²) in [5.74, 6) is 0.325. The van der Waals surface area contributed by atoms with E-state index in [1.807, 2.05) is 9.58 Å². The Hall–Kier alpha value is -3.95. The molecular weight excluding hydrogens is 668 g/mol. The summed E-state index contributed by atoms with van der Waals surface area (Å²) >= 11 is 6.08. The molecule has 11 nitrogen and oxygen atoms in total. The van der Waals surface area contributed by atoms with Gasteiger partial charge >= 0.3 is 12.2 Å². The van der Waals surface area contributed by atoms with Crippen LogP contribution in [0.4, 0.5) is 29.1 Å².